The van der Waals surface area contributed by atoms with Crippen LogP contribution in [-0.2, 0) is 4.79 Å². The fraction of sp³-hybridized carbons (Fsp3) is 0.538. The zero-order valence-corrected chi connectivity index (χ0v) is 13.2. The molecule has 1 amide bonds. The molecule has 2 rings (SSSR count). The summed E-state index contributed by atoms with van der Waals surface area (Å²) in [7, 11) is 0. The number of nitrogens with zero attached hydrogens (tertiary/aromatic N) is 2. The summed E-state index contributed by atoms with van der Waals surface area (Å²) in [6.07, 6.45) is 6.63. The molecular formula is C13H18BrN3OS. The average Bonchev–Trinajstić information content (AvgIpc) is 2.63. The molecular weight excluding hydrogens is 326 g/mol. The van der Waals surface area contributed by atoms with Crippen LogP contribution in [0.1, 0.15) is 30.6 Å². The Morgan fingerprint density at radius 1 is 1.42 bits per heavy atom. The molecule has 1 N–H and O–H groups in total. The van der Waals surface area contributed by atoms with E-state index in [1.807, 2.05) is 11.4 Å². The summed E-state index contributed by atoms with van der Waals surface area (Å²) < 4.78 is 1.04. The van der Waals surface area contributed by atoms with E-state index in [0.29, 0.717) is 6.54 Å². The third-order valence-corrected chi connectivity index (χ3v) is 4.66. The second-order valence-electron chi connectivity index (χ2n) is 4.65. The number of nitrogens with one attached hydrogen (secondary N) is 1. The third kappa shape index (κ3) is 5.42. The molecule has 0 spiro atoms. The van der Waals surface area contributed by atoms with Crippen LogP contribution in [0.15, 0.2) is 21.0 Å². The van der Waals surface area contributed by atoms with E-state index in [4.69, 9.17) is 0 Å². The van der Waals surface area contributed by atoms with Gasteiger partial charge in [0.1, 0.15) is 0 Å². The van der Waals surface area contributed by atoms with Crippen molar-refractivity contribution in [3.05, 3.63) is 20.8 Å². The van der Waals surface area contributed by atoms with E-state index in [9.17, 15) is 4.79 Å². The lowest BCUT2D eigenvalue weighted by Gasteiger charge is -2.17. The number of halogens is 1. The highest BCUT2D eigenvalue weighted by Crippen LogP contribution is 2.17. The third-order valence-electron chi connectivity index (χ3n) is 3.03. The largest absolute Gasteiger partial charge is 0.294 e. The molecule has 0 unspecified atom stereocenters. The number of hydrazone groups is 1. The van der Waals surface area contributed by atoms with E-state index in [1.54, 1.807) is 17.6 Å². The molecule has 0 bridgehead atoms. The minimum Gasteiger partial charge on any atom is -0.294 e. The topological polar surface area (TPSA) is 44.7 Å². The van der Waals surface area contributed by atoms with Crippen LogP contribution in [0.4, 0.5) is 0 Å². The SMILES string of the molecule is O=C(CN1CCCCCC1)NN=Cc1cc(Br)cs1. The first-order valence-electron chi connectivity index (χ1n) is 6.52. The first-order valence-corrected chi connectivity index (χ1v) is 8.19. The van der Waals surface area contributed by atoms with Crippen molar-refractivity contribution in [2.24, 2.45) is 5.10 Å². The van der Waals surface area contributed by atoms with E-state index in [2.05, 4.69) is 31.4 Å². The Morgan fingerprint density at radius 3 is 2.79 bits per heavy atom. The molecule has 4 nitrogen and oxygen atoms in total. The van der Waals surface area contributed by atoms with E-state index in [0.717, 1.165) is 22.4 Å². The monoisotopic (exact) mass is 343 g/mol. The molecule has 0 aromatic carbocycles. The normalized spacial score (nSPS) is 17.5. The maximum absolute atomic E-state index is 11.7. The maximum atomic E-state index is 11.7. The molecule has 0 saturated carbocycles. The molecule has 1 fully saturated rings. The van der Waals surface area contributed by atoms with Crippen molar-refractivity contribution in [1.29, 1.82) is 0 Å². The van der Waals surface area contributed by atoms with Crippen LogP contribution >= 0.6 is 27.3 Å². The second kappa shape index (κ2) is 7.77. The van der Waals surface area contributed by atoms with Gasteiger partial charge in [0.05, 0.1) is 12.8 Å². The Labute approximate surface area is 126 Å². The van der Waals surface area contributed by atoms with Crippen LogP contribution in [0.5, 0.6) is 0 Å². The predicted octanol–water partition coefficient (Wildman–Crippen LogP) is 2.84. The highest BCUT2D eigenvalue weighted by molar-refractivity contribution is 9.10. The lowest BCUT2D eigenvalue weighted by molar-refractivity contribution is -0.122. The number of hydrogen-bond acceptors (Lipinski definition) is 4. The van der Waals surface area contributed by atoms with Gasteiger partial charge < -0.3 is 0 Å². The zero-order valence-electron chi connectivity index (χ0n) is 10.8. The van der Waals surface area contributed by atoms with Crippen LogP contribution in [0.3, 0.4) is 0 Å². The van der Waals surface area contributed by atoms with Gasteiger partial charge in [0, 0.05) is 14.7 Å². The van der Waals surface area contributed by atoms with Crippen molar-refractivity contribution in [2.45, 2.75) is 25.7 Å². The van der Waals surface area contributed by atoms with E-state index >= 15 is 0 Å². The first-order chi connectivity index (χ1) is 9.24. The first kappa shape index (κ1) is 14.7. The van der Waals surface area contributed by atoms with Crippen molar-refractivity contribution < 1.29 is 4.79 Å². The van der Waals surface area contributed by atoms with Gasteiger partial charge in [-0.25, -0.2) is 5.43 Å². The summed E-state index contributed by atoms with van der Waals surface area (Å²) in [4.78, 5) is 15.0. The number of hydrogen-bond donors (Lipinski definition) is 1. The molecule has 0 aliphatic carbocycles. The summed E-state index contributed by atoms with van der Waals surface area (Å²) in [5.41, 5.74) is 2.59. The predicted molar refractivity (Wildman–Crippen MR) is 82.7 cm³/mol. The zero-order chi connectivity index (χ0) is 13.5. The quantitative estimate of drug-likeness (QED) is 0.674. The lowest BCUT2D eigenvalue weighted by atomic mass is 10.2. The smallest absolute Gasteiger partial charge is 0.254 e. The minimum atomic E-state index is -0.0335. The Morgan fingerprint density at radius 2 is 2.16 bits per heavy atom. The summed E-state index contributed by atoms with van der Waals surface area (Å²) in [6.45, 7) is 2.50. The molecule has 1 aromatic rings. The van der Waals surface area contributed by atoms with Crippen LogP contribution < -0.4 is 5.43 Å². The lowest BCUT2D eigenvalue weighted by Crippen LogP contribution is -2.35. The standard InChI is InChI=1S/C13H18BrN3OS/c14-11-7-12(19-10-11)8-15-16-13(18)9-17-5-3-1-2-4-6-17/h7-8,10H,1-6,9H2,(H,16,18). The molecule has 1 aromatic heterocycles. The Balaban J connectivity index is 1.73. The molecule has 19 heavy (non-hydrogen) atoms. The molecule has 1 aliphatic rings. The molecule has 1 saturated heterocycles. The van der Waals surface area contributed by atoms with Gasteiger partial charge in [-0.3, -0.25) is 9.69 Å². The van der Waals surface area contributed by atoms with Crippen molar-refractivity contribution in [3.8, 4) is 0 Å². The fourth-order valence-electron chi connectivity index (χ4n) is 2.10. The van der Waals surface area contributed by atoms with E-state index in [-0.39, 0.29) is 5.91 Å². The summed E-state index contributed by atoms with van der Waals surface area (Å²) in [5, 5.41) is 5.97. The highest BCUT2D eigenvalue weighted by atomic mass is 79.9. The van der Waals surface area contributed by atoms with Gasteiger partial charge in [-0.05, 0) is 47.9 Å². The van der Waals surface area contributed by atoms with Gasteiger partial charge in [-0.15, -0.1) is 11.3 Å². The summed E-state index contributed by atoms with van der Waals surface area (Å²) in [5.74, 6) is -0.0335. The minimum absolute atomic E-state index is 0.0335. The van der Waals surface area contributed by atoms with Crippen molar-refractivity contribution in [3.63, 3.8) is 0 Å². The van der Waals surface area contributed by atoms with Crippen molar-refractivity contribution in [2.75, 3.05) is 19.6 Å². The van der Waals surface area contributed by atoms with Crippen LogP contribution in [0.2, 0.25) is 0 Å². The molecule has 0 atom stereocenters. The molecule has 2 heterocycles. The fourth-order valence-corrected chi connectivity index (χ4v) is 3.40. The number of likely N-dealkylation sites (tertiary alicyclic amines) is 1. The van der Waals surface area contributed by atoms with Gasteiger partial charge in [0.25, 0.3) is 5.91 Å². The van der Waals surface area contributed by atoms with Gasteiger partial charge in [-0.2, -0.15) is 5.10 Å². The highest BCUT2D eigenvalue weighted by Gasteiger charge is 2.12. The molecule has 104 valence electrons. The van der Waals surface area contributed by atoms with Crippen LogP contribution in [0, 0.1) is 0 Å². The Bertz CT molecular complexity index is 439. The van der Waals surface area contributed by atoms with Crippen molar-refractivity contribution in [1.82, 2.24) is 10.3 Å². The van der Waals surface area contributed by atoms with Crippen molar-refractivity contribution >= 4 is 39.4 Å². The summed E-state index contributed by atoms with van der Waals surface area (Å²) in [6, 6.07) is 1.97. The summed E-state index contributed by atoms with van der Waals surface area (Å²) >= 11 is 4.96. The number of carbonyl (C=O) groups is 1. The van der Waals surface area contributed by atoms with Gasteiger partial charge in [0.15, 0.2) is 0 Å². The molecule has 0 radical (unpaired) electrons. The van der Waals surface area contributed by atoms with Gasteiger partial charge in [0.2, 0.25) is 0 Å². The van der Waals surface area contributed by atoms with Crippen LogP contribution in [0.25, 0.3) is 0 Å². The number of amides is 1. The Kier molecular flexibility index (Phi) is 6.00. The second-order valence-corrected chi connectivity index (χ2v) is 6.51. The number of thiophene rings is 1. The van der Waals surface area contributed by atoms with Gasteiger partial charge >= 0.3 is 0 Å². The van der Waals surface area contributed by atoms with E-state index in [1.165, 1.54) is 25.7 Å². The van der Waals surface area contributed by atoms with E-state index < -0.39 is 0 Å². The van der Waals surface area contributed by atoms with Crippen LogP contribution in [-0.4, -0.2) is 36.7 Å². The molecule has 1 aliphatic heterocycles. The number of rotatable bonds is 4. The number of carbonyl (C=O) groups excluding carboxylic acids is 1. The molecule has 6 heteroatoms. The average molecular weight is 344 g/mol. The van der Waals surface area contributed by atoms with Gasteiger partial charge in [-0.1, -0.05) is 12.8 Å². The maximum Gasteiger partial charge on any atom is 0.254 e. The Hall–Kier alpha value is -0.720.